The molecule has 1 aliphatic heterocycles. The van der Waals surface area contributed by atoms with Gasteiger partial charge in [-0.1, -0.05) is 0 Å². The Morgan fingerprint density at radius 1 is 1.48 bits per heavy atom. The van der Waals surface area contributed by atoms with Crippen molar-refractivity contribution < 1.29 is 15.0 Å². The van der Waals surface area contributed by atoms with E-state index >= 15 is 0 Å². The zero-order valence-electron chi connectivity index (χ0n) is 12.4. The molecular formula is C15H21N3O3. The topological polar surface area (TPSA) is 86.6 Å². The average Bonchev–Trinajstić information content (AvgIpc) is 3.25. The Labute approximate surface area is 123 Å². The van der Waals surface area contributed by atoms with Crippen LogP contribution < -0.4 is 0 Å². The number of carbonyl (C=O) groups excluding carboxylic acids is 1. The maximum absolute atomic E-state index is 12.5. The Morgan fingerprint density at radius 2 is 2.19 bits per heavy atom. The molecule has 2 atom stereocenters. The van der Waals surface area contributed by atoms with Crippen molar-refractivity contribution in [2.24, 2.45) is 0 Å². The van der Waals surface area contributed by atoms with E-state index in [1.54, 1.807) is 18.0 Å². The molecule has 0 unspecified atom stereocenters. The lowest BCUT2D eigenvalue weighted by Crippen LogP contribution is -2.55. The van der Waals surface area contributed by atoms with Crippen LogP contribution in [0.2, 0.25) is 0 Å². The summed E-state index contributed by atoms with van der Waals surface area (Å²) in [5, 5.41) is 19.9. The number of hydrogen-bond donors (Lipinski definition) is 2. The number of hydrogen-bond acceptors (Lipinski definition) is 5. The number of aliphatic hydroxyl groups is 2. The summed E-state index contributed by atoms with van der Waals surface area (Å²) in [6, 6.07) is 0. The molecular weight excluding hydrogens is 270 g/mol. The number of rotatable bonds is 2. The number of piperidine rings is 1. The van der Waals surface area contributed by atoms with Gasteiger partial charge in [0.15, 0.2) is 0 Å². The monoisotopic (exact) mass is 291 g/mol. The van der Waals surface area contributed by atoms with Gasteiger partial charge in [-0.2, -0.15) is 0 Å². The van der Waals surface area contributed by atoms with Crippen LogP contribution >= 0.6 is 0 Å². The fourth-order valence-corrected chi connectivity index (χ4v) is 2.61. The highest BCUT2D eigenvalue weighted by Gasteiger charge is 2.38. The third kappa shape index (κ3) is 2.78. The summed E-state index contributed by atoms with van der Waals surface area (Å²) in [6.45, 7) is 3.97. The van der Waals surface area contributed by atoms with Gasteiger partial charge < -0.3 is 15.1 Å². The Kier molecular flexibility index (Phi) is 3.45. The standard InChI is InChI=1S/C15H21N3O3/c1-9-11(7-16-13(17-9)10-3-4-10)14(20)18-6-5-15(2,21)12(19)8-18/h7,10,12,19,21H,3-6,8H2,1-2H3/t12-,15-/m1/s1. The van der Waals surface area contributed by atoms with Crippen molar-refractivity contribution in [3.05, 3.63) is 23.3 Å². The first-order valence-electron chi connectivity index (χ1n) is 7.42. The van der Waals surface area contributed by atoms with Gasteiger partial charge in [-0.3, -0.25) is 4.79 Å². The Balaban J connectivity index is 1.76. The summed E-state index contributed by atoms with van der Waals surface area (Å²) in [5.41, 5.74) is 0.0369. The molecule has 2 fully saturated rings. The van der Waals surface area contributed by atoms with E-state index in [9.17, 15) is 15.0 Å². The van der Waals surface area contributed by atoms with E-state index in [2.05, 4.69) is 9.97 Å². The number of nitrogens with zero attached hydrogens (tertiary/aromatic N) is 3. The molecule has 1 saturated heterocycles. The van der Waals surface area contributed by atoms with E-state index < -0.39 is 11.7 Å². The van der Waals surface area contributed by atoms with Crippen molar-refractivity contribution in [3.63, 3.8) is 0 Å². The van der Waals surface area contributed by atoms with Crippen LogP contribution in [0.25, 0.3) is 0 Å². The highest BCUT2D eigenvalue weighted by molar-refractivity contribution is 5.95. The van der Waals surface area contributed by atoms with Crippen LogP contribution in [0.4, 0.5) is 0 Å². The van der Waals surface area contributed by atoms with Crippen LogP contribution in [0.5, 0.6) is 0 Å². The molecule has 1 aromatic rings. The van der Waals surface area contributed by atoms with E-state index in [1.165, 1.54) is 0 Å². The highest BCUT2D eigenvalue weighted by Crippen LogP contribution is 2.38. The van der Waals surface area contributed by atoms with E-state index in [4.69, 9.17) is 0 Å². The summed E-state index contributed by atoms with van der Waals surface area (Å²) >= 11 is 0. The average molecular weight is 291 g/mol. The van der Waals surface area contributed by atoms with Gasteiger partial charge >= 0.3 is 0 Å². The Bertz CT molecular complexity index is 569. The van der Waals surface area contributed by atoms with Gasteiger partial charge in [-0.25, -0.2) is 9.97 Å². The minimum Gasteiger partial charge on any atom is -0.388 e. The molecule has 6 heteroatoms. The maximum Gasteiger partial charge on any atom is 0.257 e. The van der Waals surface area contributed by atoms with E-state index in [1.807, 2.05) is 6.92 Å². The van der Waals surface area contributed by atoms with Crippen LogP contribution in [0, 0.1) is 6.92 Å². The minimum atomic E-state index is -1.13. The van der Waals surface area contributed by atoms with Gasteiger partial charge in [-0.15, -0.1) is 0 Å². The number of aryl methyl sites for hydroxylation is 1. The van der Waals surface area contributed by atoms with Gasteiger partial charge in [-0.05, 0) is 33.1 Å². The zero-order valence-corrected chi connectivity index (χ0v) is 12.4. The first kappa shape index (κ1) is 14.4. The zero-order chi connectivity index (χ0) is 15.2. The van der Waals surface area contributed by atoms with Crippen molar-refractivity contribution in [3.8, 4) is 0 Å². The number of aliphatic hydroxyl groups excluding tert-OH is 1. The van der Waals surface area contributed by atoms with Crippen LogP contribution in [-0.4, -0.2) is 55.8 Å². The normalized spacial score (nSPS) is 29.5. The molecule has 2 N–H and O–H groups in total. The lowest BCUT2D eigenvalue weighted by atomic mass is 9.90. The predicted molar refractivity (Wildman–Crippen MR) is 75.9 cm³/mol. The van der Waals surface area contributed by atoms with Crippen LogP contribution in [-0.2, 0) is 0 Å². The molecule has 0 bridgehead atoms. The van der Waals surface area contributed by atoms with Gasteiger partial charge in [0.05, 0.1) is 23.0 Å². The molecule has 2 aliphatic rings. The van der Waals surface area contributed by atoms with Crippen LogP contribution in [0.3, 0.4) is 0 Å². The molecule has 21 heavy (non-hydrogen) atoms. The second-order valence-electron chi connectivity index (χ2n) is 6.38. The smallest absolute Gasteiger partial charge is 0.257 e. The lowest BCUT2D eigenvalue weighted by molar-refractivity contribution is -0.0999. The SMILES string of the molecule is Cc1nc(C2CC2)ncc1C(=O)N1CC[C@@](C)(O)[C@H](O)C1. The largest absolute Gasteiger partial charge is 0.388 e. The summed E-state index contributed by atoms with van der Waals surface area (Å²) in [6.07, 6.45) is 3.28. The second-order valence-corrected chi connectivity index (χ2v) is 6.38. The molecule has 1 aromatic heterocycles. The van der Waals surface area contributed by atoms with E-state index in [-0.39, 0.29) is 12.5 Å². The van der Waals surface area contributed by atoms with E-state index in [0.29, 0.717) is 30.1 Å². The van der Waals surface area contributed by atoms with Gasteiger partial charge in [0.1, 0.15) is 5.82 Å². The van der Waals surface area contributed by atoms with Gasteiger partial charge in [0.25, 0.3) is 5.91 Å². The molecule has 3 rings (SSSR count). The van der Waals surface area contributed by atoms with Crippen LogP contribution in [0.15, 0.2) is 6.20 Å². The second kappa shape index (κ2) is 5.03. The highest BCUT2D eigenvalue weighted by atomic mass is 16.3. The van der Waals surface area contributed by atoms with Crippen molar-refractivity contribution >= 4 is 5.91 Å². The lowest BCUT2D eigenvalue weighted by Gasteiger charge is -2.39. The third-order valence-electron chi connectivity index (χ3n) is 4.46. The first-order chi connectivity index (χ1) is 9.88. The number of aromatic nitrogens is 2. The molecule has 114 valence electrons. The summed E-state index contributed by atoms with van der Waals surface area (Å²) < 4.78 is 0. The number of β-amino-alcohol motifs (C(OH)–C–C–N with tert-alkyl or cyclic N) is 1. The number of likely N-dealkylation sites (tertiary alicyclic amines) is 1. The van der Waals surface area contributed by atoms with Crippen molar-refractivity contribution in [2.75, 3.05) is 13.1 Å². The van der Waals surface area contributed by atoms with Crippen molar-refractivity contribution in [1.29, 1.82) is 0 Å². The minimum absolute atomic E-state index is 0.135. The Morgan fingerprint density at radius 3 is 2.76 bits per heavy atom. The van der Waals surface area contributed by atoms with Crippen molar-refractivity contribution in [1.82, 2.24) is 14.9 Å². The van der Waals surface area contributed by atoms with Crippen molar-refractivity contribution in [2.45, 2.75) is 50.7 Å². The number of amides is 1. The molecule has 0 radical (unpaired) electrons. The van der Waals surface area contributed by atoms with E-state index in [0.717, 1.165) is 18.7 Å². The fourth-order valence-electron chi connectivity index (χ4n) is 2.61. The summed E-state index contributed by atoms with van der Waals surface area (Å²) in [4.78, 5) is 22.8. The molecule has 2 heterocycles. The molecule has 1 aliphatic carbocycles. The molecule has 0 aromatic carbocycles. The molecule has 6 nitrogen and oxygen atoms in total. The quantitative estimate of drug-likeness (QED) is 0.834. The third-order valence-corrected chi connectivity index (χ3v) is 4.46. The maximum atomic E-state index is 12.5. The summed E-state index contributed by atoms with van der Waals surface area (Å²) in [7, 11) is 0. The van der Waals surface area contributed by atoms with Gasteiger partial charge in [0, 0.05) is 25.2 Å². The first-order valence-corrected chi connectivity index (χ1v) is 7.42. The molecule has 0 spiro atoms. The molecule has 1 amide bonds. The fraction of sp³-hybridized carbons (Fsp3) is 0.667. The van der Waals surface area contributed by atoms with Gasteiger partial charge in [0.2, 0.25) is 0 Å². The summed E-state index contributed by atoms with van der Waals surface area (Å²) in [5.74, 6) is 1.11. The predicted octanol–water partition coefficient (Wildman–Crippen LogP) is 0.620. The molecule has 1 saturated carbocycles. The number of carbonyl (C=O) groups is 1. The Hall–Kier alpha value is -1.53. The van der Waals surface area contributed by atoms with Crippen LogP contribution in [0.1, 0.15) is 54.0 Å².